The standard InChI is InChI=1S/C8H7Cl2N/c9-6-11-8(10)7-4-2-1-3-5-7/h1-5H,6H2/b11-8-. The van der Waals surface area contributed by atoms with Gasteiger partial charge in [-0.25, -0.2) is 0 Å². The number of hydrogen-bond acceptors (Lipinski definition) is 1. The predicted octanol–water partition coefficient (Wildman–Crippen LogP) is 2.87. The second-order valence-corrected chi connectivity index (χ2v) is 2.53. The second-order valence-electron chi connectivity index (χ2n) is 1.93. The molecule has 0 spiro atoms. The van der Waals surface area contributed by atoms with Gasteiger partial charge in [0.15, 0.2) is 0 Å². The average Bonchev–Trinajstić information content (AvgIpc) is 2.07. The van der Waals surface area contributed by atoms with Gasteiger partial charge in [-0.1, -0.05) is 41.9 Å². The third kappa shape index (κ3) is 2.52. The van der Waals surface area contributed by atoms with Crippen LogP contribution in [-0.2, 0) is 0 Å². The normalized spacial score (nSPS) is 11.6. The molecule has 58 valence electrons. The fourth-order valence-electron chi connectivity index (χ4n) is 0.719. The van der Waals surface area contributed by atoms with Crippen molar-refractivity contribution in [3.05, 3.63) is 35.9 Å². The highest BCUT2D eigenvalue weighted by molar-refractivity contribution is 6.69. The van der Waals surface area contributed by atoms with Crippen molar-refractivity contribution in [1.29, 1.82) is 0 Å². The summed E-state index contributed by atoms with van der Waals surface area (Å²) in [4.78, 5) is 3.84. The largest absolute Gasteiger partial charge is 0.256 e. The first-order chi connectivity index (χ1) is 5.34. The molecule has 1 aromatic rings. The first kappa shape index (κ1) is 8.57. The summed E-state index contributed by atoms with van der Waals surface area (Å²) in [7, 11) is 0. The van der Waals surface area contributed by atoms with Crippen LogP contribution < -0.4 is 0 Å². The molecule has 0 radical (unpaired) electrons. The van der Waals surface area contributed by atoms with Crippen molar-refractivity contribution in [2.45, 2.75) is 0 Å². The Morgan fingerprint density at radius 1 is 1.27 bits per heavy atom. The zero-order chi connectivity index (χ0) is 8.10. The van der Waals surface area contributed by atoms with Crippen LogP contribution in [0.25, 0.3) is 0 Å². The van der Waals surface area contributed by atoms with E-state index in [9.17, 15) is 0 Å². The highest BCUT2D eigenvalue weighted by Crippen LogP contribution is 2.04. The van der Waals surface area contributed by atoms with Crippen molar-refractivity contribution < 1.29 is 0 Å². The first-order valence-electron chi connectivity index (χ1n) is 3.16. The summed E-state index contributed by atoms with van der Waals surface area (Å²) in [5.41, 5.74) is 0.898. The Morgan fingerprint density at radius 2 is 1.91 bits per heavy atom. The molecule has 0 saturated heterocycles. The molecule has 0 atom stereocenters. The molecule has 3 heteroatoms. The smallest absolute Gasteiger partial charge is 0.132 e. The molecule has 1 rings (SSSR count). The van der Waals surface area contributed by atoms with E-state index in [1.165, 1.54) is 0 Å². The number of nitrogens with zero attached hydrogens (tertiary/aromatic N) is 1. The predicted molar refractivity (Wildman–Crippen MR) is 49.6 cm³/mol. The Balaban J connectivity index is 2.85. The van der Waals surface area contributed by atoms with Crippen molar-refractivity contribution in [2.75, 3.05) is 6.00 Å². The van der Waals surface area contributed by atoms with Crippen LogP contribution in [0.3, 0.4) is 0 Å². The monoisotopic (exact) mass is 187 g/mol. The van der Waals surface area contributed by atoms with Gasteiger partial charge in [0.1, 0.15) is 11.2 Å². The lowest BCUT2D eigenvalue weighted by atomic mass is 10.2. The van der Waals surface area contributed by atoms with E-state index in [0.717, 1.165) is 5.56 Å². The van der Waals surface area contributed by atoms with Crippen LogP contribution in [0, 0.1) is 0 Å². The maximum absolute atomic E-state index is 5.77. The molecule has 0 aromatic heterocycles. The fraction of sp³-hybridized carbons (Fsp3) is 0.125. The van der Waals surface area contributed by atoms with E-state index >= 15 is 0 Å². The molecule has 0 N–H and O–H groups in total. The SMILES string of the molecule is ClC/N=C(\Cl)c1ccccc1. The van der Waals surface area contributed by atoms with E-state index in [4.69, 9.17) is 23.2 Å². The number of rotatable bonds is 2. The Bertz CT molecular complexity index is 244. The molecule has 1 nitrogen and oxygen atoms in total. The van der Waals surface area contributed by atoms with Gasteiger partial charge in [-0.05, 0) is 0 Å². The lowest BCUT2D eigenvalue weighted by molar-refractivity contribution is 1.37. The van der Waals surface area contributed by atoms with Crippen molar-refractivity contribution in [3.63, 3.8) is 0 Å². The molecule has 0 amide bonds. The second kappa shape index (κ2) is 4.37. The van der Waals surface area contributed by atoms with Crippen LogP contribution >= 0.6 is 23.2 Å². The van der Waals surface area contributed by atoms with E-state index in [-0.39, 0.29) is 6.00 Å². The zero-order valence-corrected chi connectivity index (χ0v) is 7.31. The molecule has 1 aromatic carbocycles. The van der Waals surface area contributed by atoms with Crippen molar-refractivity contribution in [2.24, 2.45) is 4.99 Å². The third-order valence-electron chi connectivity index (χ3n) is 1.21. The molecule has 0 bridgehead atoms. The maximum Gasteiger partial charge on any atom is 0.132 e. The topological polar surface area (TPSA) is 12.4 Å². The van der Waals surface area contributed by atoms with Gasteiger partial charge in [-0.15, -0.1) is 11.6 Å². The number of benzene rings is 1. The summed E-state index contributed by atoms with van der Waals surface area (Å²) in [5, 5.41) is 0.459. The molecule has 0 aliphatic heterocycles. The van der Waals surface area contributed by atoms with E-state index in [2.05, 4.69) is 4.99 Å². The molecule has 0 unspecified atom stereocenters. The Morgan fingerprint density at radius 3 is 2.45 bits per heavy atom. The molecule has 0 saturated carbocycles. The van der Waals surface area contributed by atoms with Crippen LogP contribution in [0.15, 0.2) is 35.3 Å². The number of hydrogen-bond donors (Lipinski definition) is 0. The van der Waals surface area contributed by atoms with E-state index in [0.29, 0.717) is 5.17 Å². The van der Waals surface area contributed by atoms with Crippen LogP contribution in [-0.4, -0.2) is 11.2 Å². The van der Waals surface area contributed by atoms with Gasteiger partial charge in [0.25, 0.3) is 0 Å². The average molecular weight is 188 g/mol. The molecular formula is C8H7Cl2N. The van der Waals surface area contributed by atoms with E-state index < -0.39 is 0 Å². The molecule has 0 fully saturated rings. The molecule has 11 heavy (non-hydrogen) atoms. The lowest BCUT2D eigenvalue weighted by Gasteiger charge is -1.94. The van der Waals surface area contributed by atoms with Gasteiger partial charge in [0.2, 0.25) is 0 Å². The summed E-state index contributed by atoms with van der Waals surface area (Å²) < 4.78 is 0. The van der Waals surface area contributed by atoms with Crippen LogP contribution in [0.1, 0.15) is 5.56 Å². The highest BCUT2D eigenvalue weighted by Gasteiger charge is 1.95. The number of aliphatic imine (C=N–C) groups is 1. The lowest BCUT2D eigenvalue weighted by Crippen LogP contribution is -1.89. The Kier molecular flexibility index (Phi) is 3.40. The van der Waals surface area contributed by atoms with Crippen LogP contribution in [0.5, 0.6) is 0 Å². The maximum atomic E-state index is 5.77. The minimum atomic E-state index is 0.202. The molecular weight excluding hydrogens is 181 g/mol. The summed E-state index contributed by atoms with van der Waals surface area (Å²) in [6.45, 7) is 0. The van der Waals surface area contributed by atoms with Gasteiger partial charge in [-0.3, -0.25) is 4.99 Å². The summed E-state index contributed by atoms with van der Waals surface area (Å²) in [5.74, 6) is 0. The van der Waals surface area contributed by atoms with Crippen molar-refractivity contribution >= 4 is 28.4 Å². The first-order valence-corrected chi connectivity index (χ1v) is 4.07. The van der Waals surface area contributed by atoms with Crippen LogP contribution in [0.2, 0.25) is 0 Å². The minimum Gasteiger partial charge on any atom is -0.256 e. The molecule has 0 aliphatic carbocycles. The summed E-state index contributed by atoms with van der Waals surface area (Å²) in [6.07, 6.45) is 0. The van der Waals surface area contributed by atoms with Gasteiger partial charge in [0, 0.05) is 5.56 Å². The summed E-state index contributed by atoms with van der Waals surface area (Å²) in [6, 6.07) is 9.71. The van der Waals surface area contributed by atoms with Crippen LogP contribution in [0.4, 0.5) is 0 Å². The van der Waals surface area contributed by atoms with Crippen molar-refractivity contribution in [1.82, 2.24) is 0 Å². The molecule has 0 heterocycles. The van der Waals surface area contributed by atoms with E-state index in [1.54, 1.807) is 0 Å². The van der Waals surface area contributed by atoms with Gasteiger partial charge in [-0.2, -0.15) is 0 Å². The van der Waals surface area contributed by atoms with Gasteiger partial charge < -0.3 is 0 Å². The number of halogens is 2. The number of alkyl halides is 1. The Hall–Kier alpha value is -0.530. The van der Waals surface area contributed by atoms with Crippen molar-refractivity contribution in [3.8, 4) is 0 Å². The minimum absolute atomic E-state index is 0.202. The highest BCUT2D eigenvalue weighted by atomic mass is 35.5. The van der Waals surface area contributed by atoms with Gasteiger partial charge >= 0.3 is 0 Å². The van der Waals surface area contributed by atoms with E-state index in [1.807, 2.05) is 30.3 Å². The Labute approximate surface area is 75.7 Å². The van der Waals surface area contributed by atoms with Gasteiger partial charge in [0.05, 0.1) is 0 Å². The zero-order valence-electron chi connectivity index (χ0n) is 5.80. The summed E-state index contributed by atoms with van der Waals surface area (Å²) >= 11 is 11.1. The third-order valence-corrected chi connectivity index (χ3v) is 1.67. The fourth-order valence-corrected chi connectivity index (χ4v) is 1.09. The molecule has 0 aliphatic rings. The quantitative estimate of drug-likeness (QED) is 0.384.